The van der Waals surface area contributed by atoms with E-state index >= 15 is 0 Å². The van der Waals surface area contributed by atoms with Gasteiger partial charge in [-0.25, -0.2) is 9.97 Å². The minimum Gasteiger partial charge on any atom is -0.390 e. The minimum absolute atomic E-state index is 0.124. The summed E-state index contributed by atoms with van der Waals surface area (Å²) in [5.74, 6) is 0.258. The fourth-order valence-electron chi connectivity index (χ4n) is 4.62. The second-order valence-corrected chi connectivity index (χ2v) is 9.01. The second kappa shape index (κ2) is 10.8. The number of likely N-dealkylation sites (tertiary alicyclic amines) is 1. The highest BCUT2D eigenvalue weighted by atomic mass is 16.3. The summed E-state index contributed by atoms with van der Waals surface area (Å²) in [5.41, 5.74) is 3.46. The molecule has 0 bridgehead atoms. The number of fused-ring (bicyclic) bond motifs is 1. The largest absolute Gasteiger partial charge is 0.390 e. The number of hydrogen-bond donors (Lipinski definition) is 2. The maximum absolute atomic E-state index is 12.6. The van der Waals surface area contributed by atoms with Crippen molar-refractivity contribution >= 4 is 11.8 Å². The zero-order valence-electron chi connectivity index (χ0n) is 19.1. The molecule has 0 unspecified atom stereocenters. The van der Waals surface area contributed by atoms with E-state index < -0.39 is 6.10 Å². The zero-order chi connectivity index (χ0) is 23.2. The molecule has 0 spiro atoms. The van der Waals surface area contributed by atoms with Gasteiger partial charge >= 0.3 is 0 Å². The van der Waals surface area contributed by atoms with Crippen molar-refractivity contribution in [1.82, 2.24) is 30.1 Å². The highest BCUT2D eigenvalue weighted by molar-refractivity contribution is 5.92. The number of β-amino-alcohol motifs (C(OH)–C–C–N with tert-alkyl or cyclic N) is 1. The number of carbonyl (C=O) groups is 2. The summed E-state index contributed by atoms with van der Waals surface area (Å²) in [6.07, 6.45) is 6.08. The van der Waals surface area contributed by atoms with E-state index in [4.69, 9.17) is 0 Å². The molecule has 0 saturated carbocycles. The predicted octanol–water partition coefficient (Wildman–Crippen LogP) is 0.822. The quantitative estimate of drug-likeness (QED) is 0.640. The summed E-state index contributed by atoms with van der Waals surface area (Å²) >= 11 is 0. The van der Waals surface area contributed by atoms with Gasteiger partial charge in [-0.1, -0.05) is 6.07 Å². The van der Waals surface area contributed by atoms with E-state index in [0.29, 0.717) is 18.2 Å². The monoisotopic (exact) mass is 452 g/mol. The van der Waals surface area contributed by atoms with Crippen molar-refractivity contribution in [2.75, 3.05) is 32.7 Å². The molecule has 0 aromatic carbocycles. The topological polar surface area (TPSA) is 112 Å². The van der Waals surface area contributed by atoms with E-state index in [-0.39, 0.29) is 18.4 Å². The van der Waals surface area contributed by atoms with E-state index in [1.54, 1.807) is 13.0 Å². The number of aliphatic hydroxyl groups is 1. The number of rotatable bonds is 7. The van der Waals surface area contributed by atoms with Gasteiger partial charge in [0.15, 0.2) is 0 Å². The molecule has 33 heavy (non-hydrogen) atoms. The van der Waals surface area contributed by atoms with Crippen molar-refractivity contribution in [3.63, 3.8) is 0 Å². The predicted molar refractivity (Wildman–Crippen MR) is 122 cm³/mol. The molecular weight excluding hydrogens is 420 g/mol. The summed E-state index contributed by atoms with van der Waals surface area (Å²) in [6, 6.07) is 5.74. The van der Waals surface area contributed by atoms with Gasteiger partial charge in [-0.05, 0) is 42.9 Å². The Hall–Kier alpha value is -2.91. The average Bonchev–Trinajstić information content (AvgIpc) is 2.83. The Balaban J connectivity index is 1.23. The Morgan fingerprint density at radius 1 is 1.21 bits per heavy atom. The van der Waals surface area contributed by atoms with Crippen LogP contribution in [0.2, 0.25) is 0 Å². The lowest BCUT2D eigenvalue weighted by Crippen LogP contribution is -2.42. The normalized spacial score (nSPS) is 17.9. The van der Waals surface area contributed by atoms with Crippen molar-refractivity contribution in [2.24, 2.45) is 5.92 Å². The van der Waals surface area contributed by atoms with Crippen LogP contribution in [0.25, 0.3) is 0 Å². The van der Waals surface area contributed by atoms with Crippen LogP contribution in [0.5, 0.6) is 0 Å². The van der Waals surface area contributed by atoms with Crippen LogP contribution < -0.4 is 5.32 Å². The van der Waals surface area contributed by atoms with Crippen molar-refractivity contribution in [3.05, 3.63) is 53.4 Å². The lowest BCUT2D eigenvalue weighted by atomic mass is 9.92. The molecule has 9 nitrogen and oxygen atoms in total. The molecule has 2 amide bonds. The average molecular weight is 453 g/mol. The molecular formula is C24H32N6O3. The van der Waals surface area contributed by atoms with Gasteiger partial charge in [0, 0.05) is 70.2 Å². The number of nitrogens with zero attached hydrogens (tertiary/aromatic N) is 5. The van der Waals surface area contributed by atoms with Crippen LogP contribution in [0, 0.1) is 5.92 Å². The smallest absolute Gasteiger partial charge is 0.270 e. The van der Waals surface area contributed by atoms with Crippen molar-refractivity contribution < 1.29 is 14.7 Å². The molecule has 4 rings (SSSR count). The first kappa shape index (κ1) is 23.3. The number of piperidine rings is 1. The van der Waals surface area contributed by atoms with Crippen LogP contribution in [-0.4, -0.2) is 80.5 Å². The first-order valence-electron chi connectivity index (χ1n) is 11.7. The first-order chi connectivity index (χ1) is 16.0. The molecule has 2 aromatic heterocycles. The molecule has 4 heterocycles. The molecule has 2 aliphatic heterocycles. The molecule has 176 valence electrons. The molecule has 2 aliphatic rings. The van der Waals surface area contributed by atoms with Gasteiger partial charge in [0.25, 0.3) is 5.91 Å². The highest BCUT2D eigenvalue weighted by Crippen LogP contribution is 2.21. The number of aromatic nitrogens is 3. The molecule has 2 N–H and O–H groups in total. The van der Waals surface area contributed by atoms with Gasteiger partial charge < -0.3 is 15.3 Å². The van der Waals surface area contributed by atoms with E-state index in [9.17, 15) is 14.7 Å². The minimum atomic E-state index is -0.667. The number of aliphatic hydroxyl groups excluding tert-OH is 1. The summed E-state index contributed by atoms with van der Waals surface area (Å²) in [5, 5.41) is 13.2. The Labute approximate surface area is 194 Å². The lowest BCUT2D eigenvalue weighted by molar-refractivity contribution is -0.130. The van der Waals surface area contributed by atoms with Crippen molar-refractivity contribution in [2.45, 2.75) is 45.3 Å². The van der Waals surface area contributed by atoms with Gasteiger partial charge in [-0.15, -0.1) is 0 Å². The molecule has 0 aliphatic carbocycles. The summed E-state index contributed by atoms with van der Waals surface area (Å²) in [7, 11) is 0. The van der Waals surface area contributed by atoms with Gasteiger partial charge in [0.1, 0.15) is 12.0 Å². The Bertz CT molecular complexity index is 976. The number of hydrogen-bond acceptors (Lipinski definition) is 7. The van der Waals surface area contributed by atoms with Crippen LogP contribution >= 0.6 is 0 Å². The van der Waals surface area contributed by atoms with Gasteiger partial charge in [0.05, 0.1) is 6.10 Å². The fraction of sp³-hybridized carbons (Fsp3) is 0.542. The van der Waals surface area contributed by atoms with Crippen LogP contribution in [-0.2, 0) is 24.2 Å². The number of carbonyl (C=O) groups excluding carboxylic acids is 2. The number of pyridine rings is 1. The lowest BCUT2D eigenvalue weighted by Gasteiger charge is -2.31. The summed E-state index contributed by atoms with van der Waals surface area (Å²) < 4.78 is 0. The molecule has 1 atom stereocenters. The maximum atomic E-state index is 12.6. The Morgan fingerprint density at radius 2 is 2.03 bits per heavy atom. The van der Waals surface area contributed by atoms with E-state index in [1.807, 2.05) is 17.2 Å². The molecule has 1 saturated heterocycles. The second-order valence-electron chi connectivity index (χ2n) is 9.01. The Morgan fingerprint density at radius 3 is 2.82 bits per heavy atom. The Kier molecular flexibility index (Phi) is 7.61. The fourth-order valence-corrected chi connectivity index (χ4v) is 4.62. The third-order valence-electron chi connectivity index (χ3n) is 6.52. The van der Waals surface area contributed by atoms with E-state index in [2.05, 4.69) is 31.2 Å². The first-order valence-corrected chi connectivity index (χ1v) is 11.7. The SMILES string of the molecule is CC(=O)N1CCC(Cc2cc(C(=O)NC[C@H](O)CN3CCc4ncccc4C3)ncn2)CC1. The molecule has 2 aromatic rings. The third-order valence-corrected chi connectivity index (χ3v) is 6.52. The molecule has 0 radical (unpaired) electrons. The van der Waals surface area contributed by atoms with E-state index in [0.717, 1.165) is 63.3 Å². The molecule has 1 fully saturated rings. The number of amides is 2. The van der Waals surface area contributed by atoms with Gasteiger partial charge in [0.2, 0.25) is 5.91 Å². The van der Waals surface area contributed by atoms with Gasteiger partial charge in [-0.3, -0.25) is 19.5 Å². The van der Waals surface area contributed by atoms with Crippen LogP contribution in [0.1, 0.15) is 47.2 Å². The summed E-state index contributed by atoms with van der Waals surface area (Å²) in [4.78, 5) is 41.0. The third kappa shape index (κ3) is 6.33. The summed E-state index contributed by atoms with van der Waals surface area (Å²) in [6.45, 7) is 5.41. The van der Waals surface area contributed by atoms with E-state index in [1.165, 1.54) is 11.9 Å². The van der Waals surface area contributed by atoms with Gasteiger partial charge in [-0.2, -0.15) is 0 Å². The van der Waals surface area contributed by atoms with Crippen LogP contribution in [0.3, 0.4) is 0 Å². The van der Waals surface area contributed by atoms with Crippen molar-refractivity contribution in [1.29, 1.82) is 0 Å². The van der Waals surface area contributed by atoms with Crippen molar-refractivity contribution in [3.8, 4) is 0 Å². The number of nitrogens with one attached hydrogen (secondary N) is 1. The van der Waals surface area contributed by atoms with Crippen LogP contribution in [0.4, 0.5) is 0 Å². The molecule has 9 heteroatoms. The van der Waals surface area contributed by atoms with Crippen LogP contribution in [0.15, 0.2) is 30.7 Å². The highest BCUT2D eigenvalue weighted by Gasteiger charge is 2.22. The maximum Gasteiger partial charge on any atom is 0.270 e. The zero-order valence-corrected chi connectivity index (χ0v) is 19.1. The standard InChI is InChI=1S/C24H32N6O3/c1-17(31)30-9-4-18(5-10-30)11-20-12-23(28-16-27-20)24(33)26-13-21(32)15-29-8-6-22-19(14-29)3-2-7-25-22/h2-3,7,12,16,18,21,32H,4-6,8-11,13-15H2,1H3,(H,26,33)/t21-/m0/s1.